The summed E-state index contributed by atoms with van der Waals surface area (Å²) in [6.07, 6.45) is 1.78. The third-order valence-corrected chi connectivity index (χ3v) is 5.55. The van der Waals surface area contributed by atoms with E-state index in [4.69, 9.17) is 0 Å². The lowest BCUT2D eigenvalue weighted by Gasteiger charge is -2.31. The van der Waals surface area contributed by atoms with Crippen molar-refractivity contribution < 1.29 is 18.8 Å². The number of fused-ring (bicyclic) bond motifs is 1. The van der Waals surface area contributed by atoms with Gasteiger partial charge in [-0.15, -0.1) is 0 Å². The van der Waals surface area contributed by atoms with Crippen molar-refractivity contribution in [2.75, 3.05) is 17.3 Å². The summed E-state index contributed by atoms with van der Waals surface area (Å²) in [4.78, 5) is 44.9. The van der Waals surface area contributed by atoms with E-state index < -0.39 is 35.8 Å². The topological polar surface area (TPSA) is 103 Å². The molecule has 1 aliphatic heterocycles. The van der Waals surface area contributed by atoms with Crippen LogP contribution in [0, 0.1) is 11.7 Å². The van der Waals surface area contributed by atoms with Crippen molar-refractivity contribution in [2.45, 2.75) is 45.3 Å². The number of aromatic nitrogens is 1. The summed E-state index contributed by atoms with van der Waals surface area (Å²) in [6, 6.07) is 7.08. The Balaban J connectivity index is 1.91. The number of halogens is 1. The smallest absolute Gasteiger partial charge is 0.251 e. The maximum atomic E-state index is 14.1. The van der Waals surface area contributed by atoms with Gasteiger partial charge in [-0.2, -0.15) is 0 Å². The number of amides is 3. The fraction of sp³-hybridized carbons (Fsp3) is 0.391. The van der Waals surface area contributed by atoms with E-state index >= 15 is 0 Å². The van der Waals surface area contributed by atoms with Crippen molar-refractivity contribution in [3.05, 3.63) is 54.0 Å². The van der Waals surface area contributed by atoms with Crippen LogP contribution in [-0.2, 0) is 20.8 Å². The van der Waals surface area contributed by atoms with E-state index in [0.29, 0.717) is 5.82 Å². The van der Waals surface area contributed by atoms with Crippen LogP contribution in [0.15, 0.2) is 42.6 Å². The number of likely N-dealkylation sites (N-methyl/N-ethyl adjacent to an activating group) is 1. The van der Waals surface area contributed by atoms with Gasteiger partial charge >= 0.3 is 0 Å². The van der Waals surface area contributed by atoms with Crippen LogP contribution in [0.4, 0.5) is 15.9 Å². The minimum absolute atomic E-state index is 0.0328. The van der Waals surface area contributed by atoms with Gasteiger partial charge in [0.15, 0.2) is 0 Å². The molecule has 3 N–H and O–H groups in total. The third kappa shape index (κ3) is 4.77. The number of hydrogen-bond acceptors (Lipinski definition) is 5. The maximum Gasteiger partial charge on any atom is 0.251 e. The quantitative estimate of drug-likeness (QED) is 0.609. The van der Waals surface area contributed by atoms with E-state index in [1.165, 1.54) is 23.1 Å². The second kappa shape index (κ2) is 9.86. The van der Waals surface area contributed by atoms with Crippen LogP contribution in [0.1, 0.15) is 26.3 Å². The number of nitrogens with one attached hydrogen (secondary N) is 3. The zero-order chi connectivity index (χ0) is 23.4. The molecule has 0 saturated heterocycles. The Morgan fingerprint density at radius 3 is 2.50 bits per heavy atom. The molecule has 0 spiro atoms. The molecular formula is C23H28FN5O3. The molecule has 3 atom stereocenters. The highest BCUT2D eigenvalue weighted by Gasteiger charge is 2.43. The molecule has 3 amide bonds. The highest BCUT2D eigenvalue weighted by molar-refractivity contribution is 6.09. The van der Waals surface area contributed by atoms with Crippen LogP contribution in [0.5, 0.6) is 0 Å². The van der Waals surface area contributed by atoms with Gasteiger partial charge in [0.1, 0.15) is 23.7 Å². The first-order valence-corrected chi connectivity index (χ1v) is 10.5. The Bertz CT molecular complexity index is 1010. The van der Waals surface area contributed by atoms with Gasteiger partial charge in [0.05, 0.1) is 11.7 Å². The van der Waals surface area contributed by atoms with Gasteiger partial charge in [-0.05, 0) is 43.7 Å². The van der Waals surface area contributed by atoms with Gasteiger partial charge in [-0.25, -0.2) is 9.37 Å². The second-order valence-electron chi connectivity index (χ2n) is 8.12. The molecule has 0 saturated carbocycles. The Labute approximate surface area is 186 Å². The van der Waals surface area contributed by atoms with Crippen LogP contribution in [0.2, 0.25) is 0 Å². The largest absolute Gasteiger partial charge is 0.343 e. The molecule has 32 heavy (non-hydrogen) atoms. The molecule has 170 valence electrons. The van der Waals surface area contributed by atoms with Gasteiger partial charge in [0.2, 0.25) is 11.8 Å². The van der Waals surface area contributed by atoms with E-state index in [-0.39, 0.29) is 23.9 Å². The first-order valence-electron chi connectivity index (χ1n) is 10.5. The van der Waals surface area contributed by atoms with Crippen molar-refractivity contribution in [1.29, 1.82) is 0 Å². The average molecular weight is 442 g/mol. The van der Waals surface area contributed by atoms with Crippen molar-refractivity contribution >= 4 is 29.2 Å². The van der Waals surface area contributed by atoms with E-state index in [0.717, 1.165) is 5.56 Å². The summed E-state index contributed by atoms with van der Waals surface area (Å²) < 4.78 is 14.1. The molecule has 3 rings (SSSR count). The minimum Gasteiger partial charge on any atom is -0.343 e. The fourth-order valence-corrected chi connectivity index (χ4v) is 3.57. The summed E-state index contributed by atoms with van der Waals surface area (Å²) in [6.45, 7) is 5.32. The summed E-state index contributed by atoms with van der Waals surface area (Å²) in [7, 11) is 1.65. The number of para-hydroxylation sites is 1. The zero-order valence-electron chi connectivity index (χ0n) is 18.6. The molecule has 2 aromatic rings. The predicted molar refractivity (Wildman–Crippen MR) is 120 cm³/mol. The van der Waals surface area contributed by atoms with Crippen molar-refractivity contribution in [3.63, 3.8) is 0 Å². The summed E-state index contributed by atoms with van der Waals surface area (Å²) in [5.41, 5.74) is 0.761. The molecule has 0 fully saturated rings. The first kappa shape index (κ1) is 23.3. The minimum atomic E-state index is -0.924. The van der Waals surface area contributed by atoms with Crippen LogP contribution in [-0.4, -0.2) is 47.9 Å². The molecular weight excluding hydrogens is 413 g/mol. The predicted octanol–water partition coefficient (Wildman–Crippen LogP) is 1.87. The van der Waals surface area contributed by atoms with E-state index in [1.54, 1.807) is 38.4 Å². The highest BCUT2D eigenvalue weighted by atomic mass is 19.1. The Hall–Kier alpha value is -3.33. The SMILES string of the molecule is CN[C@@H](C)C(=O)N[C@H](C(=O)N1c2ncccc2C[C@H]1C(=O)Nc1ccccc1F)C(C)C. The molecule has 0 unspecified atom stereocenters. The van der Waals surface area contributed by atoms with Crippen molar-refractivity contribution in [2.24, 2.45) is 5.92 Å². The Kier molecular flexibility index (Phi) is 7.19. The molecule has 1 aromatic carbocycles. The molecule has 1 aromatic heterocycles. The normalized spacial score (nSPS) is 16.9. The Morgan fingerprint density at radius 2 is 1.84 bits per heavy atom. The fourth-order valence-electron chi connectivity index (χ4n) is 3.57. The van der Waals surface area contributed by atoms with Crippen LogP contribution >= 0.6 is 0 Å². The second-order valence-corrected chi connectivity index (χ2v) is 8.12. The summed E-state index contributed by atoms with van der Waals surface area (Å²) >= 11 is 0. The molecule has 8 nitrogen and oxygen atoms in total. The molecule has 0 radical (unpaired) electrons. The van der Waals surface area contributed by atoms with E-state index in [2.05, 4.69) is 20.9 Å². The van der Waals surface area contributed by atoms with Gasteiger partial charge in [0, 0.05) is 12.6 Å². The summed E-state index contributed by atoms with van der Waals surface area (Å²) in [5.74, 6) is -1.74. The highest BCUT2D eigenvalue weighted by Crippen LogP contribution is 2.32. The lowest BCUT2D eigenvalue weighted by Crippen LogP contribution is -2.57. The number of pyridine rings is 1. The molecule has 1 aliphatic rings. The monoisotopic (exact) mass is 441 g/mol. The molecule has 0 aliphatic carbocycles. The molecule has 0 bridgehead atoms. The Morgan fingerprint density at radius 1 is 1.12 bits per heavy atom. The van der Waals surface area contributed by atoms with Crippen LogP contribution in [0.3, 0.4) is 0 Å². The molecule has 9 heteroatoms. The lowest BCUT2D eigenvalue weighted by molar-refractivity contribution is -0.130. The number of carbonyl (C=O) groups is 3. The lowest BCUT2D eigenvalue weighted by atomic mass is 10.0. The number of hydrogen-bond donors (Lipinski definition) is 3. The van der Waals surface area contributed by atoms with Gasteiger partial charge in [-0.1, -0.05) is 32.0 Å². The number of rotatable bonds is 7. The third-order valence-electron chi connectivity index (χ3n) is 5.55. The number of anilines is 2. The van der Waals surface area contributed by atoms with Crippen LogP contribution < -0.4 is 20.9 Å². The standard InChI is InChI=1S/C23H28FN5O3/c1-13(2)19(28-21(30)14(3)25-4)23(32)29-18(12-15-8-7-11-26-20(15)29)22(31)27-17-10-6-5-9-16(17)24/h5-11,13-14,18-19,25H,12H2,1-4H3,(H,27,31)(H,28,30)/t14-,18-,19-/m0/s1. The zero-order valence-corrected chi connectivity index (χ0v) is 18.6. The summed E-state index contributed by atoms with van der Waals surface area (Å²) in [5, 5.41) is 8.20. The van der Waals surface area contributed by atoms with Gasteiger partial charge in [0.25, 0.3) is 5.91 Å². The number of carbonyl (C=O) groups excluding carboxylic acids is 3. The first-order chi connectivity index (χ1) is 15.2. The van der Waals surface area contributed by atoms with E-state index in [1.807, 2.05) is 13.8 Å². The van der Waals surface area contributed by atoms with Gasteiger partial charge in [-0.3, -0.25) is 19.3 Å². The number of nitrogens with zero attached hydrogens (tertiary/aromatic N) is 2. The van der Waals surface area contributed by atoms with E-state index in [9.17, 15) is 18.8 Å². The van der Waals surface area contributed by atoms with Crippen molar-refractivity contribution in [1.82, 2.24) is 15.6 Å². The average Bonchev–Trinajstić information content (AvgIpc) is 3.17. The maximum absolute atomic E-state index is 14.1. The molecule has 2 heterocycles. The van der Waals surface area contributed by atoms with Gasteiger partial charge < -0.3 is 16.0 Å². The van der Waals surface area contributed by atoms with Crippen molar-refractivity contribution in [3.8, 4) is 0 Å². The van der Waals surface area contributed by atoms with Crippen LogP contribution in [0.25, 0.3) is 0 Å². The number of benzene rings is 1.